The van der Waals surface area contributed by atoms with E-state index in [0.717, 1.165) is 0 Å². The van der Waals surface area contributed by atoms with Crippen molar-refractivity contribution in [2.75, 3.05) is 6.54 Å². The van der Waals surface area contributed by atoms with Crippen LogP contribution in [0.2, 0.25) is 0 Å². The summed E-state index contributed by atoms with van der Waals surface area (Å²) >= 11 is 0. The molecule has 0 aromatic carbocycles. The molecule has 1 radical (unpaired) electrons. The Kier molecular flexibility index (Phi) is 13.8. The standard InChI is InChI=1S/C4H5N.Au/c1-3-4-5-2;/h3H,1,4H2;. The average Bonchev–Trinajstić information content (AvgIpc) is 1.41. The van der Waals surface area contributed by atoms with Crippen LogP contribution < -0.4 is 0 Å². The van der Waals surface area contributed by atoms with Gasteiger partial charge in [0.1, 0.15) is 0 Å². The maximum atomic E-state index is 6.16. The summed E-state index contributed by atoms with van der Waals surface area (Å²) in [5, 5.41) is 0. The molecule has 0 bridgehead atoms. The molecule has 0 heterocycles. The summed E-state index contributed by atoms with van der Waals surface area (Å²) in [7, 11) is 0. The van der Waals surface area contributed by atoms with Crippen molar-refractivity contribution in [3.63, 3.8) is 0 Å². The SMILES string of the molecule is [Au].[C-]#[N+]CC=C. The molecular weight excluding hydrogens is 259 g/mol. The van der Waals surface area contributed by atoms with Crippen molar-refractivity contribution in [1.29, 1.82) is 0 Å². The summed E-state index contributed by atoms with van der Waals surface area (Å²) < 4.78 is 0. The van der Waals surface area contributed by atoms with Crippen molar-refractivity contribution < 1.29 is 22.4 Å². The Balaban J connectivity index is 0. The molecule has 0 N–H and O–H groups in total. The largest absolute Gasteiger partial charge is 0.312 e. The molecule has 0 spiro atoms. The molecule has 2 heteroatoms. The third kappa shape index (κ3) is 9.02. The van der Waals surface area contributed by atoms with Crippen LogP contribution in [0.4, 0.5) is 0 Å². The minimum atomic E-state index is 0. The molecule has 37 valence electrons. The smallest absolute Gasteiger partial charge is 0.232 e. The van der Waals surface area contributed by atoms with Gasteiger partial charge >= 0.3 is 0 Å². The van der Waals surface area contributed by atoms with Gasteiger partial charge in [0.2, 0.25) is 6.54 Å². The molecule has 0 aromatic rings. The van der Waals surface area contributed by atoms with Gasteiger partial charge in [-0.3, -0.25) is 0 Å². The second kappa shape index (κ2) is 8.88. The fourth-order valence-corrected chi connectivity index (χ4v) is 0.0645. The molecule has 0 saturated heterocycles. The van der Waals surface area contributed by atoms with E-state index in [4.69, 9.17) is 6.57 Å². The van der Waals surface area contributed by atoms with Crippen molar-refractivity contribution in [1.82, 2.24) is 0 Å². The average molecular weight is 264 g/mol. The Morgan fingerprint density at radius 3 is 2.33 bits per heavy atom. The van der Waals surface area contributed by atoms with Crippen molar-refractivity contribution in [3.8, 4) is 0 Å². The topological polar surface area (TPSA) is 4.36 Å². The van der Waals surface area contributed by atoms with E-state index in [2.05, 4.69) is 11.4 Å². The van der Waals surface area contributed by atoms with Gasteiger partial charge in [0.05, 0.1) is 0 Å². The molecule has 0 atom stereocenters. The van der Waals surface area contributed by atoms with Gasteiger partial charge in [0, 0.05) is 22.4 Å². The first kappa shape index (κ1) is 9.36. The van der Waals surface area contributed by atoms with E-state index in [-0.39, 0.29) is 22.4 Å². The van der Waals surface area contributed by atoms with Gasteiger partial charge in [-0.1, -0.05) is 6.58 Å². The van der Waals surface area contributed by atoms with E-state index >= 15 is 0 Å². The van der Waals surface area contributed by atoms with E-state index in [0.29, 0.717) is 6.54 Å². The predicted molar refractivity (Wildman–Crippen MR) is 21.7 cm³/mol. The molecular formula is C4H5AuN. The Bertz CT molecular complexity index is 62.4. The number of hydrogen-bond acceptors (Lipinski definition) is 0. The van der Waals surface area contributed by atoms with E-state index in [1.165, 1.54) is 0 Å². The Morgan fingerprint density at radius 2 is 2.33 bits per heavy atom. The van der Waals surface area contributed by atoms with Crippen LogP contribution in [-0.2, 0) is 22.4 Å². The predicted octanol–water partition coefficient (Wildman–Crippen LogP) is 1.09. The van der Waals surface area contributed by atoms with Gasteiger partial charge in [0.15, 0.2) is 0 Å². The van der Waals surface area contributed by atoms with Crippen LogP contribution in [0.1, 0.15) is 0 Å². The molecule has 0 aromatic heterocycles. The molecule has 0 aliphatic rings. The minimum Gasteiger partial charge on any atom is -0.312 e. The third-order valence-corrected chi connectivity index (χ3v) is 0.220. The van der Waals surface area contributed by atoms with Gasteiger partial charge < -0.3 is 4.85 Å². The molecule has 0 aliphatic carbocycles. The van der Waals surface area contributed by atoms with Gasteiger partial charge in [-0.15, -0.1) is 0 Å². The Morgan fingerprint density at radius 1 is 1.83 bits per heavy atom. The summed E-state index contributed by atoms with van der Waals surface area (Å²) in [6, 6.07) is 0. The van der Waals surface area contributed by atoms with Crippen molar-refractivity contribution in [2.24, 2.45) is 0 Å². The zero-order valence-corrected chi connectivity index (χ0v) is 5.41. The quantitative estimate of drug-likeness (QED) is 0.379. The van der Waals surface area contributed by atoms with Crippen LogP contribution in [0.15, 0.2) is 12.7 Å². The monoisotopic (exact) mass is 264 g/mol. The zero-order valence-electron chi connectivity index (χ0n) is 3.24. The van der Waals surface area contributed by atoms with Crippen LogP contribution in [-0.4, -0.2) is 6.54 Å². The fourth-order valence-electron chi connectivity index (χ4n) is 0.0645. The maximum absolute atomic E-state index is 6.16. The van der Waals surface area contributed by atoms with E-state index in [9.17, 15) is 0 Å². The summed E-state index contributed by atoms with van der Waals surface area (Å²) in [6.45, 7) is 9.94. The van der Waals surface area contributed by atoms with Crippen LogP contribution in [0.25, 0.3) is 4.85 Å². The molecule has 6 heavy (non-hydrogen) atoms. The normalized spacial score (nSPS) is 4.50. The van der Waals surface area contributed by atoms with E-state index in [1.54, 1.807) is 6.08 Å². The minimum absolute atomic E-state index is 0. The number of hydrogen-bond donors (Lipinski definition) is 0. The number of nitrogens with zero attached hydrogens (tertiary/aromatic N) is 1. The maximum Gasteiger partial charge on any atom is 0.232 e. The Labute approximate surface area is 53.4 Å². The van der Waals surface area contributed by atoms with Crippen LogP contribution in [0.5, 0.6) is 0 Å². The van der Waals surface area contributed by atoms with E-state index < -0.39 is 0 Å². The van der Waals surface area contributed by atoms with Crippen molar-refractivity contribution in [2.45, 2.75) is 0 Å². The molecule has 0 saturated carbocycles. The third-order valence-electron chi connectivity index (χ3n) is 0.220. The zero-order chi connectivity index (χ0) is 4.12. The second-order valence-corrected chi connectivity index (χ2v) is 0.629. The first-order valence-electron chi connectivity index (χ1n) is 1.36. The second-order valence-electron chi connectivity index (χ2n) is 0.629. The van der Waals surface area contributed by atoms with Crippen molar-refractivity contribution >= 4 is 0 Å². The van der Waals surface area contributed by atoms with Crippen LogP contribution in [0.3, 0.4) is 0 Å². The van der Waals surface area contributed by atoms with Gasteiger partial charge in [0.25, 0.3) is 0 Å². The summed E-state index contributed by atoms with van der Waals surface area (Å²) in [6.07, 6.45) is 1.58. The fraction of sp³-hybridized carbons (Fsp3) is 0.250. The van der Waals surface area contributed by atoms with Crippen LogP contribution in [0, 0.1) is 6.57 Å². The van der Waals surface area contributed by atoms with Crippen LogP contribution >= 0.6 is 0 Å². The molecule has 0 unspecified atom stereocenters. The Hall–Kier alpha value is -0.0297. The molecule has 0 fully saturated rings. The molecule has 0 aliphatic heterocycles. The molecule has 0 amide bonds. The number of rotatable bonds is 1. The van der Waals surface area contributed by atoms with Gasteiger partial charge in [-0.2, -0.15) is 0 Å². The molecule has 0 rings (SSSR count). The first-order chi connectivity index (χ1) is 2.41. The van der Waals surface area contributed by atoms with Gasteiger partial charge in [-0.25, -0.2) is 6.57 Å². The van der Waals surface area contributed by atoms with Gasteiger partial charge in [-0.05, 0) is 6.08 Å². The van der Waals surface area contributed by atoms with E-state index in [1.807, 2.05) is 0 Å². The van der Waals surface area contributed by atoms with Crippen molar-refractivity contribution in [3.05, 3.63) is 24.1 Å². The summed E-state index contributed by atoms with van der Waals surface area (Å²) in [5.74, 6) is 0. The summed E-state index contributed by atoms with van der Waals surface area (Å²) in [4.78, 5) is 2.99. The first-order valence-corrected chi connectivity index (χ1v) is 1.36. The molecule has 1 nitrogen and oxygen atoms in total. The summed E-state index contributed by atoms with van der Waals surface area (Å²) in [5.41, 5.74) is 0.